The van der Waals surface area contributed by atoms with Crippen molar-refractivity contribution in [2.75, 3.05) is 12.3 Å². The van der Waals surface area contributed by atoms with Gasteiger partial charge in [0.15, 0.2) is 0 Å². The van der Waals surface area contributed by atoms with E-state index in [2.05, 4.69) is 17.9 Å². The molecule has 0 fully saturated rings. The van der Waals surface area contributed by atoms with Crippen LogP contribution >= 0.6 is 12.6 Å². The zero-order valence-corrected chi connectivity index (χ0v) is 11.4. The fourth-order valence-corrected chi connectivity index (χ4v) is 1.58. The van der Waals surface area contributed by atoms with Gasteiger partial charge in [-0.1, -0.05) is 13.8 Å². The molecular weight excluding hydrogens is 238 g/mol. The van der Waals surface area contributed by atoms with Crippen molar-refractivity contribution in [3.63, 3.8) is 0 Å². The maximum absolute atomic E-state index is 11.6. The van der Waals surface area contributed by atoms with Crippen LogP contribution in [0, 0.1) is 11.8 Å². The third-order valence-electron chi connectivity index (χ3n) is 2.64. The van der Waals surface area contributed by atoms with E-state index in [1.54, 1.807) is 0 Å². The highest BCUT2D eigenvalue weighted by Gasteiger charge is 2.18. The summed E-state index contributed by atoms with van der Waals surface area (Å²) in [7, 11) is 0. The van der Waals surface area contributed by atoms with Gasteiger partial charge in [-0.2, -0.15) is 12.6 Å². The predicted molar refractivity (Wildman–Crippen MR) is 71.6 cm³/mol. The number of hydrogen-bond donors (Lipinski definition) is 4. The van der Waals surface area contributed by atoms with Crippen LogP contribution in [0.5, 0.6) is 0 Å². The zero-order chi connectivity index (χ0) is 13.4. The smallest absolute Gasteiger partial charge is 0.237 e. The zero-order valence-electron chi connectivity index (χ0n) is 10.5. The van der Waals surface area contributed by atoms with E-state index in [0.29, 0.717) is 25.1 Å². The summed E-state index contributed by atoms with van der Waals surface area (Å²) in [6, 6.07) is -0.494. The number of nitrogens with one attached hydrogen (secondary N) is 1. The van der Waals surface area contributed by atoms with Crippen LogP contribution in [0.25, 0.3) is 0 Å². The van der Waals surface area contributed by atoms with Gasteiger partial charge in [0.1, 0.15) is 0 Å². The van der Waals surface area contributed by atoms with Crippen LogP contribution < -0.4 is 16.8 Å². The molecule has 0 saturated carbocycles. The molecular formula is C11H23N3O2S. The minimum absolute atomic E-state index is 0.107. The van der Waals surface area contributed by atoms with Gasteiger partial charge < -0.3 is 16.8 Å². The molecule has 5 N–H and O–H groups in total. The number of nitrogens with two attached hydrogens (primary N) is 2. The van der Waals surface area contributed by atoms with Gasteiger partial charge in [-0.15, -0.1) is 0 Å². The molecule has 0 aromatic heterocycles. The number of carbonyl (C=O) groups excluding carboxylic acids is 2. The van der Waals surface area contributed by atoms with Crippen LogP contribution in [0.15, 0.2) is 0 Å². The van der Waals surface area contributed by atoms with Crippen molar-refractivity contribution in [1.29, 1.82) is 0 Å². The normalized spacial score (nSPS) is 14.4. The molecule has 0 bridgehead atoms. The molecule has 0 heterocycles. The fourth-order valence-electron chi connectivity index (χ4n) is 1.27. The standard InChI is InChI=1S/C11H23N3O2S/c1-7(2)10(13)11(16)14-5-8(6-17)3-4-9(12)15/h7-8,10,17H,3-6,13H2,1-2H3,(H2,12,15)(H,14,16)/t8-,10?/m1/s1. The molecule has 0 aliphatic carbocycles. The van der Waals surface area contributed by atoms with E-state index in [-0.39, 0.29) is 23.7 Å². The van der Waals surface area contributed by atoms with Crippen molar-refractivity contribution >= 4 is 24.4 Å². The first kappa shape index (κ1) is 16.2. The third-order valence-corrected chi connectivity index (χ3v) is 3.16. The molecule has 0 aliphatic rings. The average Bonchev–Trinajstić information content (AvgIpc) is 2.27. The van der Waals surface area contributed by atoms with E-state index in [1.165, 1.54) is 0 Å². The van der Waals surface area contributed by atoms with Crippen molar-refractivity contribution in [2.24, 2.45) is 23.3 Å². The Morgan fingerprint density at radius 1 is 1.35 bits per heavy atom. The van der Waals surface area contributed by atoms with E-state index in [1.807, 2.05) is 13.8 Å². The molecule has 17 heavy (non-hydrogen) atoms. The molecule has 5 nitrogen and oxygen atoms in total. The topological polar surface area (TPSA) is 98.2 Å². The van der Waals surface area contributed by atoms with Crippen LogP contribution in [0.1, 0.15) is 26.7 Å². The maximum atomic E-state index is 11.6. The van der Waals surface area contributed by atoms with Gasteiger partial charge in [0.25, 0.3) is 0 Å². The van der Waals surface area contributed by atoms with Crippen molar-refractivity contribution in [3.8, 4) is 0 Å². The van der Waals surface area contributed by atoms with Crippen LogP contribution in [0.2, 0.25) is 0 Å². The first-order chi connectivity index (χ1) is 7.88. The molecule has 0 rings (SSSR count). The van der Waals surface area contributed by atoms with Gasteiger partial charge in [0, 0.05) is 13.0 Å². The molecule has 2 atom stereocenters. The summed E-state index contributed by atoms with van der Waals surface area (Å²) in [4.78, 5) is 22.2. The van der Waals surface area contributed by atoms with Gasteiger partial charge in [0.05, 0.1) is 6.04 Å². The van der Waals surface area contributed by atoms with Gasteiger partial charge in [0.2, 0.25) is 11.8 Å². The number of hydrogen-bond acceptors (Lipinski definition) is 4. The molecule has 0 aromatic rings. The Kier molecular flexibility index (Phi) is 7.99. The predicted octanol–water partition coefficient (Wildman–Crippen LogP) is -0.103. The van der Waals surface area contributed by atoms with E-state index >= 15 is 0 Å². The Balaban J connectivity index is 3.97. The number of carbonyl (C=O) groups is 2. The molecule has 6 heteroatoms. The number of thiol groups is 1. The number of amides is 2. The first-order valence-electron chi connectivity index (χ1n) is 5.81. The minimum atomic E-state index is -0.494. The van der Waals surface area contributed by atoms with E-state index < -0.39 is 6.04 Å². The fraction of sp³-hybridized carbons (Fsp3) is 0.818. The van der Waals surface area contributed by atoms with Crippen molar-refractivity contribution in [2.45, 2.75) is 32.7 Å². The SMILES string of the molecule is CC(C)C(N)C(=O)NC[C@H](CS)CCC(N)=O. The third kappa shape index (κ3) is 7.23. The van der Waals surface area contributed by atoms with Crippen LogP contribution in [-0.4, -0.2) is 30.2 Å². The van der Waals surface area contributed by atoms with E-state index in [0.717, 1.165) is 0 Å². The summed E-state index contributed by atoms with van der Waals surface area (Å²) in [6.45, 7) is 4.27. The van der Waals surface area contributed by atoms with Gasteiger partial charge in [-0.25, -0.2) is 0 Å². The Morgan fingerprint density at radius 3 is 2.35 bits per heavy atom. The molecule has 0 aliphatic heterocycles. The molecule has 0 aromatic carbocycles. The minimum Gasteiger partial charge on any atom is -0.370 e. The summed E-state index contributed by atoms with van der Waals surface area (Å²) < 4.78 is 0. The molecule has 2 amide bonds. The largest absolute Gasteiger partial charge is 0.370 e. The molecule has 1 unspecified atom stereocenters. The Labute approximate surface area is 108 Å². The summed E-state index contributed by atoms with van der Waals surface area (Å²) in [5.41, 5.74) is 10.8. The van der Waals surface area contributed by atoms with Crippen LogP contribution in [0.3, 0.4) is 0 Å². The van der Waals surface area contributed by atoms with Crippen molar-refractivity contribution in [3.05, 3.63) is 0 Å². The second-order valence-electron chi connectivity index (χ2n) is 4.57. The molecule has 0 saturated heterocycles. The van der Waals surface area contributed by atoms with Crippen molar-refractivity contribution < 1.29 is 9.59 Å². The summed E-state index contributed by atoms with van der Waals surface area (Å²) in [5, 5.41) is 2.77. The maximum Gasteiger partial charge on any atom is 0.237 e. The Bertz CT molecular complexity index is 259. The average molecular weight is 261 g/mol. The molecule has 0 radical (unpaired) electrons. The first-order valence-corrected chi connectivity index (χ1v) is 6.44. The summed E-state index contributed by atoms with van der Waals surface area (Å²) in [6.07, 6.45) is 0.952. The highest BCUT2D eigenvalue weighted by molar-refractivity contribution is 7.80. The molecule has 100 valence electrons. The lowest BCUT2D eigenvalue weighted by Gasteiger charge is -2.18. The molecule has 0 spiro atoms. The number of rotatable bonds is 8. The lowest BCUT2D eigenvalue weighted by atomic mass is 10.0. The van der Waals surface area contributed by atoms with Crippen LogP contribution in [-0.2, 0) is 9.59 Å². The van der Waals surface area contributed by atoms with Crippen molar-refractivity contribution in [1.82, 2.24) is 5.32 Å². The monoisotopic (exact) mass is 261 g/mol. The van der Waals surface area contributed by atoms with Gasteiger partial charge in [-0.05, 0) is 24.0 Å². The lowest BCUT2D eigenvalue weighted by Crippen LogP contribution is -2.45. The highest BCUT2D eigenvalue weighted by atomic mass is 32.1. The van der Waals surface area contributed by atoms with E-state index in [9.17, 15) is 9.59 Å². The van der Waals surface area contributed by atoms with Crippen LogP contribution in [0.4, 0.5) is 0 Å². The number of primary amides is 1. The quantitative estimate of drug-likeness (QED) is 0.459. The highest BCUT2D eigenvalue weighted by Crippen LogP contribution is 2.07. The summed E-state index contributed by atoms with van der Waals surface area (Å²) >= 11 is 4.18. The van der Waals surface area contributed by atoms with Gasteiger partial charge in [-0.3, -0.25) is 9.59 Å². The van der Waals surface area contributed by atoms with E-state index in [4.69, 9.17) is 11.5 Å². The second kappa shape index (κ2) is 8.36. The second-order valence-corrected chi connectivity index (χ2v) is 4.93. The van der Waals surface area contributed by atoms with Gasteiger partial charge >= 0.3 is 0 Å². The Morgan fingerprint density at radius 2 is 1.94 bits per heavy atom. The summed E-state index contributed by atoms with van der Waals surface area (Å²) in [5.74, 6) is 0.363. The Hall–Kier alpha value is -0.750. The lowest BCUT2D eigenvalue weighted by molar-refractivity contribution is -0.123.